The molecule has 104 valence electrons. The van der Waals surface area contributed by atoms with Gasteiger partial charge in [0, 0.05) is 33.4 Å². The number of hydrogen-bond acceptors (Lipinski definition) is 4. The van der Waals surface area contributed by atoms with E-state index < -0.39 is 0 Å². The molecule has 1 aromatic rings. The Balaban J connectivity index is 1.88. The van der Waals surface area contributed by atoms with Gasteiger partial charge in [-0.05, 0) is 24.4 Å². The van der Waals surface area contributed by atoms with Crippen LogP contribution in [0.25, 0.3) is 0 Å². The van der Waals surface area contributed by atoms with Gasteiger partial charge in [0.05, 0.1) is 11.4 Å². The Morgan fingerprint density at radius 3 is 2.37 bits per heavy atom. The van der Waals surface area contributed by atoms with E-state index in [0.29, 0.717) is 5.11 Å². The number of hydrogen-bond donors (Lipinski definition) is 2. The lowest BCUT2D eigenvalue weighted by atomic mass is 10.3. The highest BCUT2D eigenvalue weighted by Gasteiger charge is 2.31. The van der Waals surface area contributed by atoms with Crippen molar-refractivity contribution in [2.75, 3.05) is 42.8 Å². The molecule has 0 unspecified atom stereocenters. The van der Waals surface area contributed by atoms with Crippen molar-refractivity contribution in [2.24, 2.45) is 0 Å². The Hall–Kier alpha value is -0.710. The first-order chi connectivity index (χ1) is 9.15. The number of anilines is 2. The molecule has 2 N–H and O–H groups in total. The second-order valence-electron chi connectivity index (χ2n) is 4.13. The Bertz CT molecular complexity index is 428. The maximum atomic E-state index is 5.06. The van der Waals surface area contributed by atoms with Gasteiger partial charge in [-0.3, -0.25) is 0 Å². The SMILES string of the molecule is CNC(=S)NCCSP1N(C)c2ccccc2N1C. The summed E-state index contributed by atoms with van der Waals surface area (Å²) in [5.74, 6) is 1.04. The minimum absolute atomic E-state index is 0.350. The zero-order chi connectivity index (χ0) is 13.8. The zero-order valence-corrected chi connectivity index (χ0v) is 13.9. The van der Waals surface area contributed by atoms with Crippen molar-refractivity contribution in [3.8, 4) is 0 Å². The summed E-state index contributed by atoms with van der Waals surface area (Å²) in [4.78, 5) is 0. The van der Waals surface area contributed by atoms with E-state index in [2.05, 4.69) is 58.3 Å². The molecule has 0 aromatic heterocycles. The highest BCUT2D eigenvalue weighted by molar-refractivity contribution is 8.56. The molecule has 19 heavy (non-hydrogen) atoms. The first kappa shape index (κ1) is 14.7. The van der Waals surface area contributed by atoms with Crippen LogP contribution in [0.3, 0.4) is 0 Å². The number of rotatable bonds is 4. The third-order valence-corrected chi connectivity index (χ3v) is 8.05. The minimum Gasteiger partial charge on any atom is -0.366 e. The lowest BCUT2D eigenvalue weighted by molar-refractivity contribution is 0.945. The largest absolute Gasteiger partial charge is 0.366 e. The summed E-state index contributed by atoms with van der Waals surface area (Å²) < 4.78 is 4.76. The average molecular weight is 314 g/mol. The van der Waals surface area contributed by atoms with E-state index in [0.717, 1.165) is 12.3 Å². The Kier molecular flexibility index (Phi) is 5.13. The van der Waals surface area contributed by atoms with Crippen LogP contribution in [0.1, 0.15) is 0 Å². The molecule has 0 aliphatic carbocycles. The summed E-state index contributed by atoms with van der Waals surface area (Å²) in [6.07, 6.45) is 0. The number of para-hydroxylation sites is 2. The van der Waals surface area contributed by atoms with E-state index >= 15 is 0 Å². The Morgan fingerprint density at radius 2 is 1.84 bits per heavy atom. The van der Waals surface area contributed by atoms with E-state index in [1.54, 1.807) is 0 Å². The first-order valence-corrected chi connectivity index (χ1v) is 9.34. The molecule has 2 rings (SSSR count). The molecule has 0 saturated heterocycles. The van der Waals surface area contributed by atoms with Gasteiger partial charge >= 0.3 is 0 Å². The van der Waals surface area contributed by atoms with Crippen LogP contribution in [-0.2, 0) is 0 Å². The van der Waals surface area contributed by atoms with Crippen molar-refractivity contribution in [2.45, 2.75) is 0 Å². The van der Waals surface area contributed by atoms with Crippen molar-refractivity contribution >= 4 is 47.5 Å². The fourth-order valence-corrected chi connectivity index (χ4v) is 6.20. The fraction of sp³-hybridized carbons (Fsp3) is 0.417. The molecular formula is C12H19N4PS2. The summed E-state index contributed by atoms with van der Waals surface area (Å²) in [6.45, 7) is 0.890. The lowest BCUT2D eigenvalue weighted by Crippen LogP contribution is -2.33. The lowest BCUT2D eigenvalue weighted by Gasteiger charge is -2.25. The van der Waals surface area contributed by atoms with Crippen LogP contribution in [0.2, 0.25) is 0 Å². The van der Waals surface area contributed by atoms with Gasteiger partial charge in [-0.2, -0.15) is 0 Å². The molecule has 0 radical (unpaired) electrons. The molecule has 1 aromatic carbocycles. The number of nitrogens with one attached hydrogen (secondary N) is 2. The van der Waals surface area contributed by atoms with Crippen molar-refractivity contribution in [3.05, 3.63) is 24.3 Å². The summed E-state index contributed by atoms with van der Waals surface area (Å²) >= 11 is 7.04. The normalized spacial score (nSPS) is 14.5. The highest BCUT2D eigenvalue weighted by Crippen LogP contribution is 2.64. The van der Waals surface area contributed by atoms with E-state index in [1.807, 2.05) is 18.4 Å². The molecular weight excluding hydrogens is 295 g/mol. The molecule has 0 bridgehead atoms. The summed E-state index contributed by atoms with van der Waals surface area (Å²) in [7, 11) is 5.83. The van der Waals surface area contributed by atoms with Crippen molar-refractivity contribution in [1.29, 1.82) is 0 Å². The molecule has 0 amide bonds. The quantitative estimate of drug-likeness (QED) is 0.505. The predicted octanol–water partition coefficient (Wildman–Crippen LogP) is 2.63. The predicted molar refractivity (Wildman–Crippen MR) is 92.3 cm³/mol. The van der Waals surface area contributed by atoms with Gasteiger partial charge in [0.1, 0.15) is 0 Å². The summed E-state index contributed by atoms with van der Waals surface area (Å²) in [6, 6.07) is 8.56. The summed E-state index contributed by atoms with van der Waals surface area (Å²) in [5, 5.41) is 6.81. The van der Waals surface area contributed by atoms with Crippen LogP contribution >= 0.6 is 31.0 Å². The highest BCUT2D eigenvalue weighted by atomic mass is 32.7. The molecule has 0 spiro atoms. The van der Waals surface area contributed by atoms with Crippen molar-refractivity contribution in [1.82, 2.24) is 10.6 Å². The molecule has 0 fully saturated rings. The molecule has 4 nitrogen and oxygen atoms in total. The maximum Gasteiger partial charge on any atom is 0.166 e. The van der Waals surface area contributed by atoms with Crippen LogP contribution in [0.4, 0.5) is 11.4 Å². The van der Waals surface area contributed by atoms with Gasteiger partial charge in [0.2, 0.25) is 0 Å². The number of benzene rings is 1. The third kappa shape index (κ3) is 3.25. The van der Waals surface area contributed by atoms with Gasteiger partial charge in [0.25, 0.3) is 0 Å². The second-order valence-corrected chi connectivity index (χ2v) is 8.66. The van der Waals surface area contributed by atoms with Gasteiger partial charge < -0.3 is 20.0 Å². The minimum atomic E-state index is -0.350. The van der Waals surface area contributed by atoms with Crippen molar-refractivity contribution < 1.29 is 0 Å². The summed E-state index contributed by atoms with van der Waals surface area (Å²) in [5.41, 5.74) is 2.64. The molecule has 1 heterocycles. The maximum absolute atomic E-state index is 5.06. The number of thiocarbonyl (C=S) groups is 1. The van der Waals surface area contributed by atoms with Crippen LogP contribution in [0.15, 0.2) is 24.3 Å². The van der Waals surface area contributed by atoms with E-state index in [9.17, 15) is 0 Å². The number of nitrogens with zero attached hydrogens (tertiary/aromatic N) is 2. The van der Waals surface area contributed by atoms with Crippen LogP contribution in [0, 0.1) is 0 Å². The smallest absolute Gasteiger partial charge is 0.166 e. The van der Waals surface area contributed by atoms with E-state index in [1.165, 1.54) is 11.4 Å². The Morgan fingerprint density at radius 1 is 1.26 bits per heavy atom. The molecule has 7 heteroatoms. The van der Waals surface area contributed by atoms with Gasteiger partial charge in [0.15, 0.2) is 12.5 Å². The molecule has 0 atom stereocenters. The van der Waals surface area contributed by atoms with Gasteiger partial charge in [-0.1, -0.05) is 23.5 Å². The zero-order valence-electron chi connectivity index (χ0n) is 11.4. The van der Waals surface area contributed by atoms with Crippen LogP contribution < -0.4 is 20.0 Å². The fourth-order valence-electron chi connectivity index (χ4n) is 1.95. The van der Waals surface area contributed by atoms with E-state index in [-0.39, 0.29) is 7.42 Å². The van der Waals surface area contributed by atoms with E-state index in [4.69, 9.17) is 12.2 Å². The van der Waals surface area contributed by atoms with Gasteiger partial charge in [-0.25, -0.2) is 0 Å². The molecule has 0 saturated carbocycles. The van der Waals surface area contributed by atoms with Crippen LogP contribution in [-0.4, -0.2) is 38.6 Å². The monoisotopic (exact) mass is 314 g/mol. The topological polar surface area (TPSA) is 30.5 Å². The van der Waals surface area contributed by atoms with Crippen molar-refractivity contribution in [3.63, 3.8) is 0 Å². The number of fused-ring (bicyclic) bond motifs is 1. The van der Waals surface area contributed by atoms with Gasteiger partial charge in [-0.15, -0.1) is 0 Å². The Labute approximate surface area is 125 Å². The average Bonchev–Trinajstić information content (AvgIpc) is 2.68. The molecule has 1 aliphatic rings. The molecule has 1 aliphatic heterocycles. The second kappa shape index (κ2) is 6.64. The standard InChI is InChI=1S/C12H19N4PS2/c1-13-12(18)14-8-9-19-17-15(2)10-6-4-5-7-11(10)16(17)3/h4-7H,8-9H2,1-3H3,(H2,13,14,18). The first-order valence-electron chi connectivity index (χ1n) is 6.10. The van der Waals surface area contributed by atoms with Crippen LogP contribution in [0.5, 0.6) is 0 Å². The third-order valence-electron chi connectivity index (χ3n) is 2.91.